The average molecular weight is 180 g/mol. The first-order chi connectivity index (χ1) is 6.26. The van der Waals surface area contributed by atoms with Gasteiger partial charge in [-0.2, -0.15) is 0 Å². The Labute approximate surface area is 79.5 Å². The molecule has 0 radical (unpaired) electrons. The maximum Gasteiger partial charge on any atom is 0.119 e. The number of ether oxygens (including phenoxy) is 2. The Morgan fingerprint density at radius 2 is 2.08 bits per heavy atom. The molecule has 0 aliphatic rings. The first-order valence-corrected chi connectivity index (χ1v) is 4.42. The average Bonchev–Trinajstić information content (AvgIpc) is 2.18. The van der Waals surface area contributed by atoms with Gasteiger partial charge in [-0.15, -0.1) is 0 Å². The van der Waals surface area contributed by atoms with E-state index in [1.54, 1.807) is 14.2 Å². The Bertz CT molecular complexity index is 258. The molecule has 2 nitrogen and oxygen atoms in total. The van der Waals surface area contributed by atoms with Gasteiger partial charge in [-0.1, -0.05) is 12.1 Å². The molecule has 1 atom stereocenters. The summed E-state index contributed by atoms with van der Waals surface area (Å²) in [5.74, 6) is 0.904. The van der Waals surface area contributed by atoms with Crippen molar-refractivity contribution in [3.8, 4) is 5.75 Å². The molecule has 0 N–H and O–H groups in total. The molecular weight excluding hydrogens is 164 g/mol. The van der Waals surface area contributed by atoms with Gasteiger partial charge >= 0.3 is 0 Å². The summed E-state index contributed by atoms with van der Waals surface area (Å²) in [6, 6.07) is 8.06. The van der Waals surface area contributed by atoms with Crippen LogP contribution in [0.15, 0.2) is 24.3 Å². The van der Waals surface area contributed by atoms with Crippen LogP contribution in [0.2, 0.25) is 0 Å². The van der Waals surface area contributed by atoms with Crippen LogP contribution < -0.4 is 4.74 Å². The minimum absolute atomic E-state index is 0.257. The zero-order valence-corrected chi connectivity index (χ0v) is 8.41. The van der Waals surface area contributed by atoms with Gasteiger partial charge in [0.15, 0.2) is 0 Å². The van der Waals surface area contributed by atoms with Gasteiger partial charge < -0.3 is 9.47 Å². The molecule has 0 fully saturated rings. The Kier molecular flexibility index (Phi) is 3.77. The Morgan fingerprint density at radius 3 is 2.69 bits per heavy atom. The molecule has 1 rings (SSSR count). The van der Waals surface area contributed by atoms with Crippen molar-refractivity contribution in [3.05, 3.63) is 29.8 Å². The number of methoxy groups -OCH3 is 2. The topological polar surface area (TPSA) is 18.5 Å². The molecule has 0 aliphatic carbocycles. The van der Waals surface area contributed by atoms with E-state index in [1.807, 2.05) is 18.2 Å². The molecule has 13 heavy (non-hydrogen) atoms. The minimum Gasteiger partial charge on any atom is -0.497 e. The normalized spacial score (nSPS) is 12.5. The molecule has 1 unspecified atom stereocenters. The van der Waals surface area contributed by atoms with Crippen LogP contribution in [0.5, 0.6) is 5.75 Å². The second kappa shape index (κ2) is 4.87. The molecule has 0 spiro atoms. The summed E-state index contributed by atoms with van der Waals surface area (Å²) in [7, 11) is 3.41. The fraction of sp³-hybridized carbons (Fsp3) is 0.455. The lowest BCUT2D eigenvalue weighted by atomic mass is 10.1. The molecule has 0 bridgehead atoms. The molecule has 0 saturated heterocycles. The van der Waals surface area contributed by atoms with Crippen LogP contribution in [0.3, 0.4) is 0 Å². The molecule has 1 aromatic rings. The van der Waals surface area contributed by atoms with Crippen LogP contribution in [0.4, 0.5) is 0 Å². The lowest BCUT2D eigenvalue weighted by Gasteiger charge is -2.09. The van der Waals surface area contributed by atoms with Crippen molar-refractivity contribution in [3.63, 3.8) is 0 Å². The van der Waals surface area contributed by atoms with Gasteiger partial charge in [-0.05, 0) is 31.0 Å². The number of benzene rings is 1. The lowest BCUT2D eigenvalue weighted by molar-refractivity contribution is 0.119. The van der Waals surface area contributed by atoms with Gasteiger partial charge in [0.2, 0.25) is 0 Å². The number of hydrogen-bond acceptors (Lipinski definition) is 2. The maximum atomic E-state index is 5.19. The van der Waals surface area contributed by atoms with Crippen LogP contribution in [-0.2, 0) is 11.2 Å². The van der Waals surface area contributed by atoms with E-state index < -0.39 is 0 Å². The second-order valence-corrected chi connectivity index (χ2v) is 3.10. The van der Waals surface area contributed by atoms with Crippen LogP contribution in [0.1, 0.15) is 12.5 Å². The van der Waals surface area contributed by atoms with Crippen molar-refractivity contribution in [2.24, 2.45) is 0 Å². The summed E-state index contributed by atoms with van der Waals surface area (Å²) < 4.78 is 10.3. The van der Waals surface area contributed by atoms with E-state index in [4.69, 9.17) is 9.47 Å². The van der Waals surface area contributed by atoms with Crippen LogP contribution in [-0.4, -0.2) is 20.3 Å². The van der Waals surface area contributed by atoms with Gasteiger partial charge in [0.25, 0.3) is 0 Å². The third-order valence-electron chi connectivity index (χ3n) is 2.06. The van der Waals surface area contributed by atoms with Gasteiger partial charge in [0.1, 0.15) is 5.75 Å². The Balaban J connectivity index is 2.66. The highest BCUT2D eigenvalue weighted by Crippen LogP contribution is 2.14. The Hall–Kier alpha value is -1.02. The molecule has 0 amide bonds. The zero-order valence-electron chi connectivity index (χ0n) is 8.41. The predicted octanol–water partition coefficient (Wildman–Crippen LogP) is 2.27. The first kappa shape index (κ1) is 10.1. The zero-order chi connectivity index (χ0) is 9.68. The van der Waals surface area contributed by atoms with E-state index >= 15 is 0 Å². The molecule has 2 heteroatoms. The maximum absolute atomic E-state index is 5.19. The third kappa shape index (κ3) is 3.07. The van der Waals surface area contributed by atoms with E-state index in [-0.39, 0.29) is 6.10 Å². The van der Waals surface area contributed by atoms with Crippen molar-refractivity contribution < 1.29 is 9.47 Å². The standard InChI is InChI=1S/C11H16O2/c1-9(12-2)7-10-5-4-6-11(8-10)13-3/h4-6,8-9H,7H2,1-3H3. The number of rotatable bonds is 4. The largest absolute Gasteiger partial charge is 0.497 e. The summed E-state index contributed by atoms with van der Waals surface area (Å²) in [6.07, 6.45) is 1.18. The second-order valence-electron chi connectivity index (χ2n) is 3.10. The van der Waals surface area contributed by atoms with Crippen molar-refractivity contribution in [2.45, 2.75) is 19.4 Å². The van der Waals surface area contributed by atoms with Gasteiger partial charge in [-0.25, -0.2) is 0 Å². The molecule has 0 heterocycles. The fourth-order valence-corrected chi connectivity index (χ4v) is 1.21. The highest BCUT2D eigenvalue weighted by Gasteiger charge is 2.01. The lowest BCUT2D eigenvalue weighted by Crippen LogP contribution is -2.08. The first-order valence-electron chi connectivity index (χ1n) is 4.42. The summed E-state index contributed by atoms with van der Waals surface area (Å²) in [4.78, 5) is 0. The van der Waals surface area contributed by atoms with E-state index in [0.717, 1.165) is 12.2 Å². The summed E-state index contributed by atoms with van der Waals surface area (Å²) in [6.45, 7) is 2.06. The quantitative estimate of drug-likeness (QED) is 0.707. The van der Waals surface area contributed by atoms with Crippen molar-refractivity contribution in [1.29, 1.82) is 0 Å². The summed E-state index contributed by atoms with van der Waals surface area (Å²) in [5, 5.41) is 0. The number of hydrogen-bond donors (Lipinski definition) is 0. The molecule has 72 valence electrons. The molecule has 0 aromatic heterocycles. The highest BCUT2D eigenvalue weighted by atomic mass is 16.5. The van der Waals surface area contributed by atoms with Crippen molar-refractivity contribution >= 4 is 0 Å². The van der Waals surface area contributed by atoms with E-state index in [9.17, 15) is 0 Å². The monoisotopic (exact) mass is 180 g/mol. The highest BCUT2D eigenvalue weighted by molar-refractivity contribution is 5.28. The van der Waals surface area contributed by atoms with Crippen LogP contribution in [0, 0.1) is 0 Å². The summed E-state index contributed by atoms with van der Waals surface area (Å²) in [5.41, 5.74) is 1.24. The van der Waals surface area contributed by atoms with E-state index in [0.29, 0.717) is 0 Å². The van der Waals surface area contributed by atoms with Crippen molar-refractivity contribution in [2.75, 3.05) is 14.2 Å². The Morgan fingerprint density at radius 1 is 1.31 bits per heavy atom. The van der Waals surface area contributed by atoms with Crippen molar-refractivity contribution in [1.82, 2.24) is 0 Å². The van der Waals surface area contributed by atoms with E-state index in [1.165, 1.54) is 5.56 Å². The van der Waals surface area contributed by atoms with Gasteiger partial charge in [0, 0.05) is 7.11 Å². The minimum atomic E-state index is 0.257. The van der Waals surface area contributed by atoms with Gasteiger partial charge in [-0.3, -0.25) is 0 Å². The van der Waals surface area contributed by atoms with Crippen LogP contribution >= 0.6 is 0 Å². The molecular formula is C11H16O2. The molecule has 0 aliphatic heterocycles. The SMILES string of the molecule is COc1cccc(CC(C)OC)c1. The molecule has 1 aromatic carbocycles. The molecule has 0 saturated carbocycles. The van der Waals surface area contributed by atoms with Crippen LogP contribution in [0.25, 0.3) is 0 Å². The third-order valence-corrected chi connectivity index (χ3v) is 2.06. The summed E-state index contributed by atoms with van der Waals surface area (Å²) >= 11 is 0. The smallest absolute Gasteiger partial charge is 0.119 e. The van der Waals surface area contributed by atoms with Gasteiger partial charge in [0.05, 0.1) is 13.2 Å². The van der Waals surface area contributed by atoms with E-state index in [2.05, 4.69) is 13.0 Å². The predicted molar refractivity (Wildman–Crippen MR) is 53.2 cm³/mol. The fourth-order valence-electron chi connectivity index (χ4n) is 1.21.